The SMILES string of the molecule is CN1CCCC(Nc2cc(C(=O)N(C)C)ccc2Cl)CC1. The predicted octanol–water partition coefficient (Wildman–Crippen LogP) is 2.94. The monoisotopic (exact) mass is 309 g/mol. The zero-order valence-corrected chi connectivity index (χ0v) is 13.8. The molecule has 1 atom stereocenters. The number of benzene rings is 1. The number of anilines is 1. The topological polar surface area (TPSA) is 35.6 Å². The summed E-state index contributed by atoms with van der Waals surface area (Å²) in [7, 11) is 5.67. The summed E-state index contributed by atoms with van der Waals surface area (Å²) in [6.45, 7) is 2.23. The van der Waals surface area contributed by atoms with Crippen LogP contribution in [0.3, 0.4) is 0 Å². The Bertz CT molecular complexity index is 504. The first-order valence-corrected chi connectivity index (χ1v) is 7.81. The molecule has 0 spiro atoms. The Morgan fingerprint density at radius 2 is 2.10 bits per heavy atom. The van der Waals surface area contributed by atoms with Gasteiger partial charge in [0.05, 0.1) is 10.7 Å². The number of carbonyl (C=O) groups excluding carboxylic acids is 1. The molecule has 1 aliphatic rings. The molecule has 0 saturated carbocycles. The van der Waals surface area contributed by atoms with Crippen molar-refractivity contribution in [1.29, 1.82) is 0 Å². The van der Waals surface area contributed by atoms with E-state index >= 15 is 0 Å². The Hall–Kier alpha value is -1.26. The summed E-state index contributed by atoms with van der Waals surface area (Å²) in [5.74, 6) is -0.00434. The Labute approximate surface area is 132 Å². The van der Waals surface area contributed by atoms with Crippen LogP contribution in [-0.2, 0) is 0 Å². The average molecular weight is 310 g/mol. The highest BCUT2D eigenvalue weighted by atomic mass is 35.5. The van der Waals surface area contributed by atoms with Gasteiger partial charge in [-0.05, 0) is 57.6 Å². The van der Waals surface area contributed by atoms with Crippen molar-refractivity contribution in [2.75, 3.05) is 39.5 Å². The van der Waals surface area contributed by atoms with E-state index in [1.54, 1.807) is 31.1 Å². The van der Waals surface area contributed by atoms with Crippen LogP contribution in [0.5, 0.6) is 0 Å². The fourth-order valence-corrected chi connectivity index (χ4v) is 2.80. The van der Waals surface area contributed by atoms with Gasteiger partial charge in [-0.3, -0.25) is 4.79 Å². The van der Waals surface area contributed by atoms with Crippen LogP contribution < -0.4 is 5.32 Å². The lowest BCUT2D eigenvalue weighted by molar-refractivity contribution is 0.0827. The van der Waals surface area contributed by atoms with Crippen LogP contribution in [0.1, 0.15) is 29.6 Å². The minimum Gasteiger partial charge on any atom is -0.381 e. The fourth-order valence-electron chi connectivity index (χ4n) is 2.63. The Kier molecular flexibility index (Phi) is 5.48. The maximum absolute atomic E-state index is 12.0. The molecule has 21 heavy (non-hydrogen) atoms. The second-order valence-corrected chi connectivity index (χ2v) is 6.38. The molecule has 0 aliphatic carbocycles. The fraction of sp³-hybridized carbons (Fsp3) is 0.562. The highest BCUT2D eigenvalue weighted by Crippen LogP contribution is 2.26. The molecule has 1 unspecified atom stereocenters. The summed E-state index contributed by atoms with van der Waals surface area (Å²) in [6, 6.07) is 5.84. The number of rotatable bonds is 3. The summed E-state index contributed by atoms with van der Waals surface area (Å²) in [6.07, 6.45) is 3.41. The van der Waals surface area contributed by atoms with E-state index in [0.717, 1.165) is 31.6 Å². The standard InChI is InChI=1S/C16H24ClN3O/c1-19(2)16(21)12-6-7-14(17)15(11-12)18-13-5-4-9-20(3)10-8-13/h6-7,11,13,18H,4-5,8-10H2,1-3H3. The summed E-state index contributed by atoms with van der Waals surface area (Å²) >= 11 is 6.27. The second-order valence-electron chi connectivity index (χ2n) is 5.97. The van der Waals surface area contributed by atoms with Crippen molar-refractivity contribution in [3.05, 3.63) is 28.8 Å². The van der Waals surface area contributed by atoms with Gasteiger partial charge in [-0.15, -0.1) is 0 Å². The molecular weight excluding hydrogens is 286 g/mol. The van der Waals surface area contributed by atoms with Crippen LogP contribution in [0.4, 0.5) is 5.69 Å². The Morgan fingerprint density at radius 1 is 1.33 bits per heavy atom. The minimum absolute atomic E-state index is 0.00434. The molecule has 0 aromatic heterocycles. The molecular formula is C16H24ClN3O. The van der Waals surface area contributed by atoms with Gasteiger partial charge in [-0.2, -0.15) is 0 Å². The molecule has 2 rings (SSSR count). The van der Waals surface area contributed by atoms with Crippen LogP contribution in [0, 0.1) is 0 Å². The van der Waals surface area contributed by atoms with Crippen LogP contribution in [0.15, 0.2) is 18.2 Å². The largest absolute Gasteiger partial charge is 0.381 e. The Balaban J connectivity index is 2.11. The van der Waals surface area contributed by atoms with Gasteiger partial charge in [0.2, 0.25) is 0 Å². The van der Waals surface area contributed by atoms with Gasteiger partial charge in [0, 0.05) is 25.7 Å². The number of likely N-dealkylation sites (tertiary alicyclic amines) is 1. The minimum atomic E-state index is -0.00434. The number of hydrogen-bond acceptors (Lipinski definition) is 3. The van der Waals surface area contributed by atoms with Gasteiger partial charge in [0.15, 0.2) is 0 Å². The molecule has 1 fully saturated rings. The number of nitrogens with one attached hydrogen (secondary N) is 1. The van der Waals surface area contributed by atoms with Crippen molar-refractivity contribution in [2.45, 2.75) is 25.3 Å². The van der Waals surface area contributed by atoms with E-state index in [0.29, 0.717) is 16.6 Å². The molecule has 1 heterocycles. The van der Waals surface area contributed by atoms with E-state index in [1.807, 2.05) is 6.07 Å². The zero-order valence-electron chi connectivity index (χ0n) is 13.0. The van der Waals surface area contributed by atoms with E-state index in [-0.39, 0.29) is 5.91 Å². The van der Waals surface area contributed by atoms with Crippen molar-refractivity contribution >= 4 is 23.2 Å². The van der Waals surface area contributed by atoms with Crippen molar-refractivity contribution < 1.29 is 4.79 Å². The maximum Gasteiger partial charge on any atom is 0.253 e. The molecule has 1 saturated heterocycles. The van der Waals surface area contributed by atoms with Gasteiger partial charge in [-0.1, -0.05) is 11.6 Å². The van der Waals surface area contributed by atoms with Gasteiger partial charge in [0.25, 0.3) is 5.91 Å². The highest BCUT2D eigenvalue weighted by Gasteiger charge is 2.17. The van der Waals surface area contributed by atoms with E-state index in [2.05, 4.69) is 17.3 Å². The number of carbonyl (C=O) groups is 1. The second kappa shape index (κ2) is 7.14. The summed E-state index contributed by atoms with van der Waals surface area (Å²) in [5.41, 5.74) is 1.52. The third kappa shape index (κ3) is 4.35. The van der Waals surface area contributed by atoms with Crippen molar-refractivity contribution in [1.82, 2.24) is 9.80 Å². The lowest BCUT2D eigenvalue weighted by Gasteiger charge is -2.20. The smallest absolute Gasteiger partial charge is 0.253 e. The molecule has 116 valence electrons. The normalized spacial score (nSPS) is 19.9. The van der Waals surface area contributed by atoms with E-state index < -0.39 is 0 Å². The third-order valence-electron chi connectivity index (χ3n) is 3.93. The van der Waals surface area contributed by atoms with Crippen LogP contribution in [0.25, 0.3) is 0 Å². The molecule has 1 aliphatic heterocycles. The van der Waals surface area contributed by atoms with Crippen LogP contribution in [-0.4, -0.2) is 56.0 Å². The first-order chi connectivity index (χ1) is 9.97. The molecule has 1 amide bonds. The van der Waals surface area contributed by atoms with Gasteiger partial charge >= 0.3 is 0 Å². The third-order valence-corrected chi connectivity index (χ3v) is 4.26. The molecule has 0 bridgehead atoms. The van der Waals surface area contributed by atoms with Crippen molar-refractivity contribution in [2.24, 2.45) is 0 Å². The molecule has 5 heteroatoms. The average Bonchev–Trinajstić information content (AvgIpc) is 2.65. The Morgan fingerprint density at radius 3 is 2.81 bits per heavy atom. The molecule has 4 nitrogen and oxygen atoms in total. The summed E-state index contributed by atoms with van der Waals surface area (Å²) in [5, 5.41) is 4.18. The first-order valence-electron chi connectivity index (χ1n) is 7.43. The zero-order chi connectivity index (χ0) is 15.4. The maximum atomic E-state index is 12.0. The first kappa shape index (κ1) is 16.1. The highest BCUT2D eigenvalue weighted by molar-refractivity contribution is 6.33. The molecule has 1 aromatic rings. The number of nitrogens with zero attached hydrogens (tertiary/aromatic N) is 2. The summed E-state index contributed by atoms with van der Waals surface area (Å²) < 4.78 is 0. The van der Waals surface area contributed by atoms with E-state index in [9.17, 15) is 4.79 Å². The van der Waals surface area contributed by atoms with Crippen molar-refractivity contribution in [3.63, 3.8) is 0 Å². The van der Waals surface area contributed by atoms with Crippen molar-refractivity contribution in [3.8, 4) is 0 Å². The lowest BCUT2D eigenvalue weighted by atomic mass is 10.1. The van der Waals surface area contributed by atoms with E-state index in [4.69, 9.17) is 11.6 Å². The molecule has 1 aromatic carbocycles. The number of hydrogen-bond donors (Lipinski definition) is 1. The predicted molar refractivity (Wildman–Crippen MR) is 88.2 cm³/mol. The quantitative estimate of drug-likeness (QED) is 0.932. The summed E-state index contributed by atoms with van der Waals surface area (Å²) in [4.78, 5) is 16.0. The van der Waals surface area contributed by atoms with Gasteiger partial charge in [0.1, 0.15) is 0 Å². The molecule has 1 N–H and O–H groups in total. The number of amides is 1. The number of halogens is 1. The molecule has 0 radical (unpaired) electrons. The lowest BCUT2D eigenvalue weighted by Crippen LogP contribution is -2.24. The van der Waals surface area contributed by atoms with Crippen LogP contribution in [0.2, 0.25) is 5.02 Å². The van der Waals surface area contributed by atoms with Gasteiger partial charge in [-0.25, -0.2) is 0 Å². The van der Waals surface area contributed by atoms with Gasteiger partial charge < -0.3 is 15.1 Å². The van der Waals surface area contributed by atoms with Crippen LogP contribution >= 0.6 is 11.6 Å². The van der Waals surface area contributed by atoms with E-state index in [1.165, 1.54) is 6.42 Å².